The van der Waals surface area contributed by atoms with E-state index >= 15 is 0 Å². The number of allylic oxidation sites excluding steroid dienone is 1. The van der Waals surface area contributed by atoms with E-state index in [9.17, 15) is 9.59 Å². The summed E-state index contributed by atoms with van der Waals surface area (Å²) in [6.07, 6.45) is 1.66. The van der Waals surface area contributed by atoms with E-state index in [2.05, 4.69) is 16.5 Å². The number of rotatable bonds is 6. The molecule has 0 aliphatic rings. The Kier molecular flexibility index (Phi) is 4.73. The average Bonchev–Trinajstić information content (AvgIpc) is 3.14. The van der Waals surface area contributed by atoms with Crippen molar-refractivity contribution in [2.24, 2.45) is 0 Å². The third kappa shape index (κ3) is 3.09. The number of Topliss-reactive ketones (excluding diaryl/α,β-unsaturated/α-hetero) is 1. The third-order valence-corrected chi connectivity index (χ3v) is 5.49. The lowest BCUT2D eigenvalue weighted by Crippen LogP contribution is -2.22. The minimum atomic E-state index is -0.0847. The molecule has 0 amide bonds. The number of hydrogen-bond acceptors (Lipinski definition) is 5. The minimum Gasteiger partial charge on any atom is -0.362 e. The molecular formula is C17H17N3O2S2. The monoisotopic (exact) mass is 359 g/mol. The fourth-order valence-electron chi connectivity index (χ4n) is 2.55. The maximum Gasteiger partial charge on any atom is 0.272 e. The summed E-state index contributed by atoms with van der Waals surface area (Å²) in [5, 5.41) is 2.40. The highest BCUT2D eigenvalue weighted by molar-refractivity contribution is 7.99. The van der Waals surface area contributed by atoms with Crippen LogP contribution in [0.4, 0.5) is 0 Å². The van der Waals surface area contributed by atoms with Gasteiger partial charge < -0.3 is 4.98 Å². The van der Waals surface area contributed by atoms with E-state index < -0.39 is 0 Å². The molecule has 0 bridgehead atoms. The molecule has 3 rings (SSSR count). The number of fused-ring (bicyclic) bond motifs is 1. The Bertz CT molecular complexity index is 982. The van der Waals surface area contributed by atoms with Gasteiger partial charge >= 0.3 is 0 Å². The summed E-state index contributed by atoms with van der Waals surface area (Å²) < 4.78 is 2.20. The summed E-state index contributed by atoms with van der Waals surface area (Å²) >= 11 is 2.66. The van der Waals surface area contributed by atoms with Crippen molar-refractivity contribution in [1.82, 2.24) is 14.5 Å². The van der Waals surface area contributed by atoms with Crippen molar-refractivity contribution in [1.29, 1.82) is 0 Å². The van der Waals surface area contributed by atoms with Crippen molar-refractivity contribution >= 4 is 39.1 Å². The second-order valence-electron chi connectivity index (χ2n) is 5.44. The van der Waals surface area contributed by atoms with Gasteiger partial charge in [-0.05, 0) is 31.4 Å². The summed E-state index contributed by atoms with van der Waals surface area (Å²) in [6, 6.07) is 3.68. The molecular weight excluding hydrogens is 342 g/mol. The van der Waals surface area contributed by atoms with Gasteiger partial charge in [-0.2, -0.15) is 0 Å². The largest absolute Gasteiger partial charge is 0.362 e. The molecule has 24 heavy (non-hydrogen) atoms. The van der Waals surface area contributed by atoms with Crippen LogP contribution in [0.2, 0.25) is 0 Å². The quantitative estimate of drug-likeness (QED) is 0.316. The number of ketones is 1. The van der Waals surface area contributed by atoms with Gasteiger partial charge in [0.2, 0.25) is 0 Å². The van der Waals surface area contributed by atoms with Crippen LogP contribution < -0.4 is 5.56 Å². The molecule has 1 N–H and O–H groups in total. The molecule has 0 aliphatic carbocycles. The fraction of sp³-hybridized carbons (Fsp3) is 0.235. The second kappa shape index (κ2) is 6.78. The summed E-state index contributed by atoms with van der Waals surface area (Å²) in [5.41, 5.74) is 3.10. The molecule has 3 heterocycles. The molecule has 0 saturated heterocycles. The van der Waals surface area contributed by atoms with Crippen molar-refractivity contribution in [3.05, 3.63) is 57.5 Å². The van der Waals surface area contributed by atoms with Gasteiger partial charge in [-0.1, -0.05) is 17.8 Å². The number of aryl methyl sites for hydroxylation is 2. The second-order valence-corrected chi connectivity index (χ2v) is 7.30. The Balaban J connectivity index is 1.90. The third-order valence-electron chi connectivity index (χ3n) is 3.62. The van der Waals surface area contributed by atoms with Gasteiger partial charge in [0, 0.05) is 23.5 Å². The van der Waals surface area contributed by atoms with Crippen molar-refractivity contribution in [3.63, 3.8) is 0 Å². The number of carbonyl (C=O) groups is 1. The first-order chi connectivity index (χ1) is 11.5. The van der Waals surface area contributed by atoms with Crippen LogP contribution in [-0.2, 0) is 6.54 Å². The van der Waals surface area contributed by atoms with E-state index in [1.807, 2.05) is 31.4 Å². The van der Waals surface area contributed by atoms with Crippen LogP contribution in [-0.4, -0.2) is 26.1 Å². The standard InChI is InChI=1S/C17H17N3O2S2/c1-4-6-20-16(22)15-13(5-7-23-15)19-17(20)24-9-14(21)12-8-10(2)18-11(12)3/h4-5,7-8,18H,1,6,9H2,2-3H3. The fourth-order valence-corrected chi connectivity index (χ4v) is 4.22. The number of thioether (sulfide) groups is 1. The average molecular weight is 359 g/mol. The number of nitrogens with one attached hydrogen (secondary N) is 1. The van der Waals surface area contributed by atoms with Crippen molar-refractivity contribution in [3.8, 4) is 0 Å². The number of H-pyrrole nitrogens is 1. The number of carbonyl (C=O) groups excluding carboxylic acids is 1. The summed E-state index contributed by atoms with van der Waals surface area (Å²) in [4.78, 5) is 32.7. The van der Waals surface area contributed by atoms with Crippen LogP contribution in [0, 0.1) is 13.8 Å². The van der Waals surface area contributed by atoms with Crippen LogP contribution >= 0.6 is 23.1 Å². The Morgan fingerprint density at radius 3 is 2.96 bits per heavy atom. The van der Waals surface area contributed by atoms with E-state index in [0.717, 1.165) is 11.4 Å². The smallest absolute Gasteiger partial charge is 0.272 e. The number of nitrogens with zero attached hydrogens (tertiary/aromatic N) is 2. The number of thiophene rings is 1. The molecule has 0 radical (unpaired) electrons. The van der Waals surface area contributed by atoms with Crippen LogP contribution in [0.15, 0.2) is 40.1 Å². The van der Waals surface area contributed by atoms with Gasteiger partial charge in [0.15, 0.2) is 10.9 Å². The molecule has 5 nitrogen and oxygen atoms in total. The molecule has 0 aliphatic heterocycles. The Morgan fingerprint density at radius 1 is 1.50 bits per heavy atom. The summed E-state index contributed by atoms with van der Waals surface area (Å²) in [5.74, 6) is 0.254. The molecule has 3 aromatic rings. The number of aromatic nitrogens is 3. The van der Waals surface area contributed by atoms with E-state index in [4.69, 9.17) is 0 Å². The summed E-state index contributed by atoms with van der Waals surface area (Å²) in [6.45, 7) is 7.88. The molecule has 124 valence electrons. The number of hydrogen-bond donors (Lipinski definition) is 1. The predicted octanol–water partition coefficient (Wildman–Crippen LogP) is 3.56. The van der Waals surface area contributed by atoms with Crippen LogP contribution in [0.25, 0.3) is 10.2 Å². The molecule has 0 spiro atoms. The van der Waals surface area contributed by atoms with Crippen LogP contribution in [0.3, 0.4) is 0 Å². The SMILES string of the molecule is C=CCn1c(SCC(=O)c2cc(C)[nH]c2C)nc2ccsc2c1=O. The van der Waals surface area contributed by atoms with E-state index in [1.54, 1.807) is 10.6 Å². The number of aromatic amines is 1. The molecule has 0 fully saturated rings. The Labute approximate surface area is 147 Å². The zero-order valence-corrected chi connectivity index (χ0v) is 15.1. The molecule has 7 heteroatoms. The lowest BCUT2D eigenvalue weighted by atomic mass is 10.2. The van der Waals surface area contributed by atoms with Crippen LogP contribution in [0.5, 0.6) is 0 Å². The maximum absolute atomic E-state index is 12.6. The minimum absolute atomic E-state index is 0.0201. The topological polar surface area (TPSA) is 67.8 Å². The lowest BCUT2D eigenvalue weighted by molar-refractivity contribution is 0.102. The molecule has 0 unspecified atom stereocenters. The van der Waals surface area contributed by atoms with Crippen molar-refractivity contribution < 1.29 is 4.79 Å². The lowest BCUT2D eigenvalue weighted by Gasteiger charge is -2.09. The van der Waals surface area contributed by atoms with Gasteiger partial charge in [0.25, 0.3) is 5.56 Å². The van der Waals surface area contributed by atoms with Crippen molar-refractivity contribution in [2.75, 3.05) is 5.75 Å². The summed E-state index contributed by atoms with van der Waals surface area (Å²) in [7, 11) is 0. The van der Waals surface area contributed by atoms with Gasteiger partial charge in [0.05, 0.1) is 11.3 Å². The zero-order valence-electron chi connectivity index (χ0n) is 13.5. The van der Waals surface area contributed by atoms with Crippen LogP contribution in [0.1, 0.15) is 21.7 Å². The highest BCUT2D eigenvalue weighted by atomic mass is 32.2. The highest BCUT2D eigenvalue weighted by Gasteiger charge is 2.16. The van der Waals surface area contributed by atoms with Crippen molar-refractivity contribution in [2.45, 2.75) is 25.5 Å². The first kappa shape index (κ1) is 16.7. The maximum atomic E-state index is 12.6. The zero-order chi connectivity index (χ0) is 17.3. The molecule has 0 atom stereocenters. The van der Waals surface area contributed by atoms with Gasteiger partial charge in [-0.25, -0.2) is 4.98 Å². The highest BCUT2D eigenvalue weighted by Crippen LogP contribution is 2.22. The van der Waals surface area contributed by atoms with Gasteiger partial charge in [0.1, 0.15) is 4.70 Å². The molecule has 0 saturated carbocycles. The van der Waals surface area contributed by atoms with Gasteiger partial charge in [-0.15, -0.1) is 17.9 Å². The molecule has 3 aromatic heterocycles. The first-order valence-corrected chi connectivity index (χ1v) is 9.29. The Morgan fingerprint density at radius 2 is 2.29 bits per heavy atom. The van der Waals surface area contributed by atoms with E-state index in [1.165, 1.54) is 23.1 Å². The van der Waals surface area contributed by atoms with E-state index in [-0.39, 0.29) is 17.1 Å². The van der Waals surface area contributed by atoms with Gasteiger partial charge in [-0.3, -0.25) is 14.2 Å². The first-order valence-electron chi connectivity index (χ1n) is 7.42. The normalized spacial score (nSPS) is 11.1. The Hall–Kier alpha value is -2.12. The predicted molar refractivity (Wildman–Crippen MR) is 99.4 cm³/mol. The van der Waals surface area contributed by atoms with E-state index in [0.29, 0.717) is 27.5 Å². The molecule has 0 aromatic carbocycles.